The molecule has 0 spiro atoms. The summed E-state index contributed by atoms with van der Waals surface area (Å²) in [5.41, 5.74) is 0. The number of aliphatic carboxylic acids is 1. The second-order valence-corrected chi connectivity index (χ2v) is 5.14. The summed E-state index contributed by atoms with van der Waals surface area (Å²) < 4.78 is 0. The summed E-state index contributed by atoms with van der Waals surface area (Å²) in [5.74, 6) is 0.0906. The molecule has 0 saturated heterocycles. The molecule has 0 heterocycles. The molecule has 1 saturated carbocycles. The fourth-order valence-electron chi connectivity index (χ4n) is 2.96. The molecule has 1 aliphatic carbocycles. The van der Waals surface area contributed by atoms with E-state index in [0.717, 1.165) is 5.92 Å². The Kier molecular flexibility index (Phi) is 5.26. The fraction of sp³-hybridized carbons (Fsp3) is 0.923. The van der Waals surface area contributed by atoms with Gasteiger partial charge in [-0.05, 0) is 32.6 Å². The standard InChI is InChI=1S/C13H25NO2/c1-4-11-6-5-7-12(11)14(10(2)3)9-8-13(15)16/h10-12H,4-9H2,1-3H3,(H,15,16). The summed E-state index contributed by atoms with van der Waals surface area (Å²) in [6, 6.07) is 1.07. The van der Waals surface area contributed by atoms with Crippen molar-refractivity contribution in [2.24, 2.45) is 5.92 Å². The van der Waals surface area contributed by atoms with E-state index < -0.39 is 5.97 Å². The van der Waals surface area contributed by atoms with Crippen LogP contribution in [0.5, 0.6) is 0 Å². The number of carboxylic acids is 1. The third-order valence-electron chi connectivity index (χ3n) is 3.82. The van der Waals surface area contributed by atoms with Crippen molar-refractivity contribution < 1.29 is 9.90 Å². The maximum Gasteiger partial charge on any atom is 0.304 e. The van der Waals surface area contributed by atoms with Crippen LogP contribution in [-0.4, -0.2) is 34.6 Å². The Hall–Kier alpha value is -0.570. The first-order chi connectivity index (χ1) is 7.56. The Bertz CT molecular complexity index is 228. The average Bonchev–Trinajstić information content (AvgIpc) is 2.65. The van der Waals surface area contributed by atoms with E-state index in [1.165, 1.54) is 25.7 Å². The van der Waals surface area contributed by atoms with E-state index in [1.54, 1.807) is 0 Å². The van der Waals surface area contributed by atoms with Gasteiger partial charge in [0.15, 0.2) is 0 Å². The Morgan fingerprint density at radius 3 is 2.62 bits per heavy atom. The van der Waals surface area contributed by atoms with Crippen LogP contribution in [0, 0.1) is 5.92 Å². The van der Waals surface area contributed by atoms with E-state index in [-0.39, 0.29) is 6.42 Å². The summed E-state index contributed by atoms with van der Waals surface area (Å²) in [6.07, 6.45) is 5.36. The van der Waals surface area contributed by atoms with Crippen molar-refractivity contribution in [3.63, 3.8) is 0 Å². The summed E-state index contributed by atoms with van der Waals surface area (Å²) in [6.45, 7) is 7.30. The SMILES string of the molecule is CCC1CCCC1N(CCC(=O)O)C(C)C. The predicted octanol–water partition coefficient (Wildman–Crippen LogP) is 2.75. The molecule has 1 rings (SSSR count). The molecule has 0 bridgehead atoms. The van der Waals surface area contributed by atoms with Crippen LogP contribution in [-0.2, 0) is 4.79 Å². The van der Waals surface area contributed by atoms with Crippen molar-refractivity contribution in [3.8, 4) is 0 Å². The Morgan fingerprint density at radius 1 is 1.44 bits per heavy atom. The number of carbonyl (C=O) groups is 1. The third kappa shape index (κ3) is 3.48. The Labute approximate surface area is 98.8 Å². The maximum atomic E-state index is 10.7. The molecule has 0 aliphatic heterocycles. The molecular formula is C13H25NO2. The molecule has 0 amide bonds. The Balaban J connectivity index is 2.58. The molecule has 0 aromatic rings. The molecule has 1 fully saturated rings. The molecule has 1 aliphatic rings. The highest BCUT2D eigenvalue weighted by molar-refractivity contribution is 5.66. The van der Waals surface area contributed by atoms with Crippen molar-refractivity contribution in [2.75, 3.05) is 6.54 Å². The normalized spacial score (nSPS) is 25.6. The molecule has 16 heavy (non-hydrogen) atoms. The van der Waals surface area contributed by atoms with E-state index in [0.29, 0.717) is 18.6 Å². The van der Waals surface area contributed by atoms with Gasteiger partial charge in [-0.1, -0.05) is 19.8 Å². The number of carboxylic acid groups (broad SMARTS) is 1. The van der Waals surface area contributed by atoms with Gasteiger partial charge in [-0.25, -0.2) is 0 Å². The largest absolute Gasteiger partial charge is 0.481 e. The zero-order valence-corrected chi connectivity index (χ0v) is 10.8. The van der Waals surface area contributed by atoms with E-state index in [4.69, 9.17) is 5.11 Å². The first kappa shape index (κ1) is 13.5. The second kappa shape index (κ2) is 6.24. The first-order valence-corrected chi connectivity index (χ1v) is 6.53. The van der Waals surface area contributed by atoms with Gasteiger partial charge in [0.2, 0.25) is 0 Å². The summed E-state index contributed by atoms with van der Waals surface area (Å²) in [4.78, 5) is 13.1. The van der Waals surface area contributed by atoms with E-state index in [2.05, 4.69) is 25.7 Å². The number of rotatable bonds is 6. The van der Waals surface area contributed by atoms with Crippen molar-refractivity contribution in [3.05, 3.63) is 0 Å². The van der Waals surface area contributed by atoms with Crippen LogP contribution in [0.25, 0.3) is 0 Å². The van der Waals surface area contributed by atoms with Gasteiger partial charge in [0.05, 0.1) is 6.42 Å². The van der Waals surface area contributed by atoms with E-state index in [9.17, 15) is 4.79 Å². The summed E-state index contributed by atoms with van der Waals surface area (Å²) in [5, 5.41) is 8.78. The van der Waals surface area contributed by atoms with Gasteiger partial charge in [-0.3, -0.25) is 9.69 Å². The minimum atomic E-state index is -0.684. The lowest BCUT2D eigenvalue weighted by atomic mass is 9.98. The maximum absolute atomic E-state index is 10.7. The van der Waals surface area contributed by atoms with Gasteiger partial charge in [-0.2, -0.15) is 0 Å². The molecule has 1 N–H and O–H groups in total. The molecule has 0 aromatic carbocycles. The lowest BCUT2D eigenvalue weighted by Gasteiger charge is -2.35. The van der Waals surface area contributed by atoms with Crippen molar-refractivity contribution >= 4 is 5.97 Å². The Morgan fingerprint density at radius 2 is 2.12 bits per heavy atom. The monoisotopic (exact) mass is 227 g/mol. The van der Waals surface area contributed by atoms with Crippen molar-refractivity contribution in [1.29, 1.82) is 0 Å². The predicted molar refractivity (Wildman–Crippen MR) is 65.5 cm³/mol. The minimum Gasteiger partial charge on any atom is -0.481 e. The number of hydrogen-bond donors (Lipinski definition) is 1. The summed E-state index contributed by atoms with van der Waals surface area (Å²) >= 11 is 0. The van der Waals surface area contributed by atoms with Crippen LogP contribution in [0.15, 0.2) is 0 Å². The van der Waals surface area contributed by atoms with Crippen LogP contribution >= 0.6 is 0 Å². The molecule has 3 nitrogen and oxygen atoms in total. The topological polar surface area (TPSA) is 40.5 Å². The highest BCUT2D eigenvalue weighted by Crippen LogP contribution is 2.33. The average molecular weight is 227 g/mol. The summed E-state index contributed by atoms with van der Waals surface area (Å²) in [7, 11) is 0. The van der Waals surface area contributed by atoms with E-state index in [1.807, 2.05) is 0 Å². The third-order valence-corrected chi connectivity index (χ3v) is 3.82. The van der Waals surface area contributed by atoms with Crippen LogP contribution in [0.2, 0.25) is 0 Å². The molecule has 3 heteroatoms. The number of nitrogens with zero attached hydrogens (tertiary/aromatic N) is 1. The highest BCUT2D eigenvalue weighted by atomic mass is 16.4. The molecule has 0 aromatic heterocycles. The smallest absolute Gasteiger partial charge is 0.304 e. The quantitative estimate of drug-likeness (QED) is 0.758. The number of hydrogen-bond acceptors (Lipinski definition) is 2. The lowest BCUT2D eigenvalue weighted by molar-refractivity contribution is -0.137. The van der Waals surface area contributed by atoms with Crippen LogP contribution < -0.4 is 0 Å². The zero-order valence-electron chi connectivity index (χ0n) is 10.8. The van der Waals surface area contributed by atoms with Crippen LogP contribution in [0.1, 0.15) is 52.9 Å². The van der Waals surface area contributed by atoms with Crippen molar-refractivity contribution in [1.82, 2.24) is 4.90 Å². The van der Waals surface area contributed by atoms with E-state index >= 15 is 0 Å². The van der Waals surface area contributed by atoms with Gasteiger partial charge in [0, 0.05) is 18.6 Å². The first-order valence-electron chi connectivity index (χ1n) is 6.53. The van der Waals surface area contributed by atoms with Crippen molar-refractivity contribution in [2.45, 2.75) is 65.0 Å². The second-order valence-electron chi connectivity index (χ2n) is 5.14. The highest BCUT2D eigenvalue weighted by Gasteiger charge is 2.32. The zero-order chi connectivity index (χ0) is 12.1. The van der Waals surface area contributed by atoms with Crippen LogP contribution in [0.3, 0.4) is 0 Å². The molecule has 0 radical (unpaired) electrons. The molecule has 94 valence electrons. The van der Waals surface area contributed by atoms with Gasteiger partial charge in [-0.15, -0.1) is 0 Å². The minimum absolute atomic E-state index is 0.269. The van der Waals surface area contributed by atoms with Gasteiger partial charge < -0.3 is 5.11 Å². The van der Waals surface area contributed by atoms with Gasteiger partial charge in [0.25, 0.3) is 0 Å². The van der Waals surface area contributed by atoms with Gasteiger partial charge in [0.1, 0.15) is 0 Å². The molecular weight excluding hydrogens is 202 g/mol. The van der Waals surface area contributed by atoms with Gasteiger partial charge >= 0.3 is 5.97 Å². The lowest BCUT2D eigenvalue weighted by Crippen LogP contribution is -2.43. The fourth-order valence-corrected chi connectivity index (χ4v) is 2.96. The molecule has 2 unspecified atom stereocenters. The van der Waals surface area contributed by atoms with Crippen LogP contribution in [0.4, 0.5) is 0 Å². The molecule has 2 atom stereocenters.